The SMILES string of the molecule is O=C(Nc1ccc(C(=O)N2CCCCc3ccccc32)cc1)c1cc(Cl)cc(Cl)c1. The molecule has 30 heavy (non-hydrogen) atoms. The number of aryl methyl sites for hydroxylation is 1. The summed E-state index contributed by atoms with van der Waals surface area (Å²) in [6, 6.07) is 19.7. The zero-order valence-corrected chi connectivity index (χ0v) is 17.7. The summed E-state index contributed by atoms with van der Waals surface area (Å²) in [4.78, 5) is 27.5. The molecule has 152 valence electrons. The van der Waals surface area contributed by atoms with Gasteiger partial charge in [0.2, 0.25) is 0 Å². The van der Waals surface area contributed by atoms with Gasteiger partial charge in [0.1, 0.15) is 0 Å². The number of nitrogens with one attached hydrogen (secondary N) is 1. The van der Waals surface area contributed by atoms with Crippen molar-refractivity contribution in [2.24, 2.45) is 0 Å². The molecule has 3 aromatic rings. The molecule has 4 rings (SSSR count). The van der Waals surface area contributed by atoms with Gasteiger partial charge in [0.15, 0.2) is 0 Å². The number of hydrogen-bond acceptors (Lipinski definition) is 2. The highest BCUT2D eigenvalue weighted by Gasteiger charge is 2.22. The zero-order valence-electron chi connectivity index (χ0n) is 16.2. The van der Waals surface area contributed by atoms with Gasteiger partial charge in [0.25, 0.3) is 11.8 Å². The average molecular weight is 439 g/mol. The lowest BCUT2D eigenvalue weighted by Crippen LogP contribution is -2.31. The minimum Gasteiger partial charge on any atom is -0.322 e. The number of halogens is 2. The molecule has 1 heterocycles. The van der Waals surface area contributed by atoms with E-state index < -0.39 is 0 Å². The summed E-state index contributed by atoms with van der Waals surface area (Å²) in [6.45, 7) is 0.698. The maximum Gasteiger partial charge on any atom is 0.258 e. The van der Waals surface area contributed by atoms with Crippen LogP contribution in [0, 0.1) is 0 Å². The lowest BCUT2D eigenvalue weighted by Gasteiger charge is -2.23. The Kier molecular flexibility index (Phi) is 6.07. The van der Waals surface area contributed by atoms with Crippen LogP contribution in [0.15, 0.2) is 66.7 Å². The van der Waals surface area contributed by atoms with Crippen molar-refractivity contribution >= 4 is 46.4 Å². The van der Waals surface area contributed by atoms with Crippen LogP contribution in [0.3, 0.4) is 0 Å². The number of carbonyl (C=O) groups excluding carboxylic acids is 2. The number of hydrogen-bond donors (Lipinski definition) is 1. The molecule has 0 fully saturated rings. The number of nitrogens with zero attached hydrogens (tertiary/aromatic N) is 1. The average Bonchev–Trinajstić information content (AvgIpc) is 2.95. The first kappa shape index (κ1) is 20.5. The minimum atomic E-state index is -0.320. The third-order valence-electron chi connectivity index (χ3n) is 5.12. The van der Waals surface area contributed by atoms with Gasteiger partial charge in [-0.15, -0.1) is 0 Å². The predicted molar refractivity (Wildman–Crippen MR) is 122 cm³/mol. The van der Waals surface area contributed by atoms with Crippen LogP contribution in [0.2, 0.25) is 10.0 Å². The van der Waals surface area contributed by atoms with Gasteiger partial charge in [-0.3, -0.25) is 9.59 Å². The fourth-order valence-corrected chi connectivity index (χ4v) is 4.17. The van der Waals surface area contributed by atoms with Gasteiger partial charge in [-0.2, -0.15) is 0 Å². The fourth-order valence-electron chi connectivity index (χ4n) is 3.64. The summed E-state index contributed by atoms with van der Waals surface area (Å²) in [7, 11) is 0. The summed E-state index contributed by atoms with van der Waals surface area (Å²) < 4.78 is 0. The van der Waals surface area contributed by atoms with E-state index in [1.54, 1.807) is 42.5 Å². The molecule has 0 saturated heterocycles. The third kappa shape index (κ3) is 4.50. The molecule has 0 saturated carbocycles. The van der Waals surface area contributed by atoms with Crippen LogP contribution in [-0.4, -0.2) is 18.4 Å². The van der Waals surface area contributed by atoms with E-state index in [-0.39, 0.29) is 11.8 Å². The number of amides is 2. The Morgan fingerprint density at radius 3 is 2.27 bits per heavy atom. The van der Waals surface area contributed by atoms with Gasteiger partial charge in [-0.25, -0.2) is 0 Å². The van der Waals surface area contributed by atoms with Crippen molar-refractivity contribution in [3.8, 4) is 0 Å². The van der Waals surface area contributed by atoms with Crippen LogP contribution < -0.4 is 10.2 Å². The van der Waals surface area contributed by atoms with Crippen LogP contribution in [0.25, 0.3) is 0 Å². The maximum atomic E-state index is 13.2. The molecule has 0 aromatic heterocycles. The van der Waals surface area contributed by atoms with Crippen molar-refractivity contribution < 1.29 is 9.59 Å². The van der Waals surface area contributed by atoms with Gasteiger partial charge >= 0.3 is 0 Å². The van der Waals surface area contributed by atoms with E-state index in [1.165, 1.54) is 5.56 Å². The van der Waals surface area contributed by atoms with Crippen molar-refractivity contribution in [2.45, 2.75) is 19.3 Å². The molecule has 6 heteroatoms. The predicted octanol–water partition coefficient (Wildman–Crippen LogP) is 6.23. The van der Waals surface area contributed by atoms with Gasteiger partial charge < -0.3 is 10.2 Å². The second kappa shape index (κ2) is 8.90. The summed E-state index contributed by atoms with van der Waals surface area (Å²) >= 11 is 11.9. The molecule has 0 radical (unpaired) electrons. The van der Waals surface area contributed by atoms with Gasteiger partial charge in [-0.05, 0) is 73.4 Å². The molecule has 1 aliphatic heterocycles. The Morgan fingerprint density at radius 2 is 1.53 bits per heavy atom. The van der Waals surface area contributed by atoms with Crippen LogP contribution in [-0.2, 0) is 6.42 Å². The summed E-state index contributed by atoms with van der Waals surface area (Å²) in [5.74, 6) is -0.358. The molecule has 0 bridgehead atoms. The third-order valence-corrected chi connectivity index (χ3v) is 5.56. The molecular weight excluding hydrogens is 419 g/mol. The van der Waals surface area contributed by atoms with Gasteiger partial charge in [0, 0.05) is 39.1 Å². The van der Waals surface area contributed by atoms with E-state index in [2.05, 4.69) is 11.4 Å². The monoisotopic (exact) mass is 438 g/mol. The lowest BCUT2D eigenvalue weighted by atomic mass is 10.1. The lowest BCUT2D eigenvalue weighted by molar-refractivity contribution is 0.0985. The van der Waals surface area contributed by atoms with Crippen LogP contribution >= 0.6 is 23.2 Å². The van der Waals surface area contributed by atoms with E-state index in [1.807, 2.05) is 23.1 Å². The standard InChI is InChI=1S/C24H20Cl2N2O2/c25-19-13-18(14-20(26)15-19)23(29)27-21-10-8-17(9-11-21)24(30)28-12-4-3-6-16-5-1-2-7-22(16)28/h1-2,5,7-11,13-15H,3-4,6,12H2,(H,27,29). The van der Waals surface area contributed by atoms with Crippen molar-refractivity contribution in [1.82, 2.24) is 0 Å². The number of anilines is 2. The summed E-state index contributed by atoms with van der Waals surface area (Å²) in [5.41, 5.74) is 3.72. The fraction of sp³-hybridized carbons (Fsp3) is 0.167. The number of fused-ring (bicyclic) bond motifs is 1. The molecule has 1 aliphatic rings. The molecule has 4 nitrogen and oxygen atoms in total. The number of rotatable bonds is 3. The Hall–Kier alpha value is -2.82. The van der Waals surface area contributed by atoms with Crippen LogP contribution in [0.1, 0.15) is 39.1 Å². The maximum absolute atomic E-state index is 13.2. The molecule has 1 N–H and O–H groups in total. The number of para-hydroxylation sites is 1. The largest absolute Gasteiger partial charge is 0.322 e. The number of carbonyl (C=O) groups is 2. The molecule has 3 aromatic carbocycles. The summed E-state index contributed by atoms with van der Waals surface area (Å²) in [5, 5.41) is 3.59. The first-order valence-electron chi connectivity index (χ1n) is 9.78. The van der Waals surface area contributed by atoms with Gasteiger partial charge in [0.05, 0.1) is 0 Å². The van der Waals surface area contributed by atoms with E-state index in [9.17, 15) is 9.59 Å². The minimum absolute atomic E-state index is 0.0381. The van der Waals surface area contributed by atoms with Crippen LogP contribution in [0.4, 0.5) is 11.4 Å². The quantitative estimate of drug-likeness (QED) is 0.526. The normalized spacial score (nSPS) is 13.3. The highest BCUT2D eigenvalue weighted by molar-refractivity contribution is 6.35. The van der Waals surface area contributed by atoms with Crippen molar-refractivity contribution in [2.75, 3.05) is 16.8 Å². The first-order valence-corrected chi connectivity index (χ1v) is 10.5. The van der Waals surface area contributed by atoms with Crippen molar-refractivity contribution in [1.29, 1.82) is 0 Å². The molecule has 0 spiro atoms. The topological polar surface area (TPSA) is 49.4 Å². The summed E-state index contributed by atoms with van der Waals surface area (Å²) in [6.07, 6.45) is 3.02. The molecule has 0 aliphatic carbocycles. The highest BCUT2D eigenvalue weighted by Crippen LogP contribution is 2.28. The molecule has 0 unspecified atom stereocenters. The van der Waals surface area contributed by atoms with E-state index in [0.29, 0.717) is 33.4 Å². The zero-order chi connectivity index (χ0) is 21.1. The van der Waals surface area contributed by atoms with Crippen LogP contribution in [0.5, 0.6) is 0 Å². The second-order valence-corrected chi connectivity index (χ2v) is 8.11. The van der Waals surface area contributed by atoms with Crippen molar-refractivity contribution in [3.05, 3.63) is 93.5 Å². The highest BCUT2D eigenvalue weighted by atomic mass is 35.5. The Labute approximate surface area is 185 Å². The molecular formula is C24H20Cl2N2O2. The molecule has 0 atom stereocenters. The van der Waals surface area contributed by atoms with Crippen molar-refractivity contribution in [3.63, 3.8) is 0 Å². The smallest absolute Gasteiger partial charge is 0.258 e. The van der Waals surface area contributed by atoms with E-state index in [0.717, 1.165) is 24.9 Å². The van der Waals surface area contributed by atoms with Gasteiger partial charge in [-0.1, -0.05) is 41.4 Å². The Morgan fingerprint density at radius 1 is 0.833 bits per heavy atom. The molecule has 2 amide bonds. The second-order valence-electron chi connectivity index (χ2n) is 7.23. The van der Waals surface area contributed by atoms with E-state index in [4.69, 9.17) is 23.2 Å². The first-order chi connectivity index (χ1) is 14.5. The Balaban J connectivity index is 1.51. The number of benzene rings is 3. The van der Waals surface area contributed by atoms with E-state index >= 15 is 0 Å². The Bertz CT molecular complexity index is 1080.